The second kappa shape index (κ2) is 3.66. The first-order valence-corrected chi connectivity index (χ1v) is 4.79. The third-order valence-corrected chi connectivity index (χ3v) is 1.93. The molecule has 1 fully saturated rings. The largest absolute Gasteiger partial charge is 0.458 e. The van der Waals surface area contributed by atoms with Crippen LogP contribution in [0.25, 0.3) is 0 Å². The van der Waals surface area contributed by atoms with Gasteiger partial charge in [0, 0.05) is 0 Å². The van der Waals surface area contributed by atoms with Crippen LogP contribution < -0.4 is 0 Å². The maximum atomic E-state index is 11.2. The zero-order chi connectivity index (χ0) is 10.1. The fourth-order valence-corrected chi connectivity index (χ4v) is 1.14. The number of aliphatic hydroxyl groups excluding tert-OH is 1. The second-order valence-corrected chi connectivity index (χ2v) is 4.73. The molecule has 1 atom stereocenters. The van der Waals surface area contributed by atoms with E-state index in [0.29, 0.717) is 12.3 Å². The van der Waals surface area contributed by atoms with Crippen LogP contribution in [0, 0.1) is 5.92 Å². The van der Waals surface area contributed by atoms with Crippen LogP contribution in [0.3, 0.4) is 0 Å². The van der Waals surface area contributed by atoms with E-state index < -0.39 is 17.7 Å². The smallest absolute Gasteiger partial charge is 0.335 e. The van der Waals surface area contributed by atoms with E-state index in [-0.39, 0.29) is 0 Å². The van der Waals surface area contributed by atoms with Crippen LogP contribution in [0.15, 0.2) is 0 Å². The van der Waals surface area contributed by atoms with Gasteiger partial charge in [0.2, 0.25) is 0 Å². The van der Waals surface area contributed by atoms with E-state index in [4.69, 9.17) is 4.74 Å². The minimum absolute atomic E-state index is 0.487. The van der Waals surface area contributed by atoms with Crippen LogP contribution in [-0.2, 0) is 9.53 Å². The number of rotatable bonds is 3. The molecule has 0 amide bonds. The summed E-state index contributed by atoms with van der Waals surface area (Å²) < 4.78 is 5.04. The molecule has 76 valence electrons. The molecule has 0 aromatic rings. The number of ether oxygens (including phenoxy) is 1. The monoisotopic (exact) mass is 186 g/mol. The standard InChI is InChI=1S/C10H18O3/c1-10(2,3)13-9(12)8(11)6-7-4-5-7/h7-8,11H,4-6H2,1-3H3/t8-/m0/s1. The lowest BCUT2D eigenvalue weighted by atomic mass is 10.1. The van der Waals surface area contributed by atoms with Gasteiger partial charge in [-0.15, -0.1) is 0 Å². The highest BCUT2D eigenvalue weighted by molar-refractivity contribution is 5.74. The lowest BCUT2D eigenvalue weighted by Gasteiger charge is -2.21. The Morgan fingerprint density at radius 2 is 2.08 bits per heavy atom. The number of esters is 1. The van der Waals surface area contributed by atoms with E-state index in [1.807, 2.05) is 0 Å². The maximum absolute atomic E-state index is 11.2. The van der Waals surface area contributed by atoms with Gasteiger partial charge in [-0.3, -0.25) is 0 Å². The molecule has 1 N–H and O–H groups in total. The molecule has 1 aliphatic carbocycles. The molecule has 0 aliphatic heterocycles. The Labute approximate surface area is 79.1 Å². The summed E-state index contributed by atoms with van der Waals surface area (Å²) in [5, 5.41) is 9.42. The third kappa shape index (κ3) is 4.27. The predicted molar refractivity (Wildman–Crippen MR) is 49.2 cm³/mol. The van der Waals surface area contributed by atoms with Crippen molar-refractivity contribution in [1.29, 1.82) is 0 Å². The average Bonchev–Trinajstić information content (AvgIpc) is 2.67. The van der Waals surface area contributed by atoms with Crippen molar-refractivity contribution in [2.45, 2.75) is 51.7 Å². The van der Waals surface area contributed by atoms with Gasteiger partial charge in [-0.25, -0.2) is 4.79 Å². The Kier molecular flexibility index (Phi) is 2.96. The summed E-state index contributed by atoms with van der Waals surface area (Å²) in [6.07, 6.45) is 1.92. The second-order valence-electron chi connectivity index (χ2n) is 4.73. The number of hydrogen-bond donors (Lipinski definition) is 1. The van der Waals surface area contributed by atoms with Crippen molar-refractivity contribution in [3.05, 3.63) is 0 Å². The van der Waals surface area contributed by atoms with Crippen LogP contribution in [0.2, 0.25) is 0 Å². The van der Waals surface area contributed by atoms with Crippen molar-refractivity contribution >= 4 is 5.97 Å². The summed E-state index contributed by atoms with van der Waals surface area (Å²) in [4.78, 5) is 11.2. The Balaban J connectivity index is 2.28. The van der Waals surface area contributed by atoms with Gasteiger partial charge >= 0.3 is 5.97 Å². The molecule has 1 rings (SSSR count). The van der Waals surface area contributed by atoms with Gasteiger partial charge in [-0.05, 0) is 33.1 Å². The SMILES string of the molecule is CC(C)(C)OC(=O)[C@@H](O)CC1CC1. The van der Waals surface area contributed by atoms with Crippen molar-refractivity contribution < 1.29 is 14.6 Å². The number of hydrogen-bond acceptors (Lipinski definition) is 3. The predicted octanol–water partition coefficient (Wildman–Crippen LogP) is 1.49. The van der Waals surface area contributed by atoms with Crippen LogP contribution >= 0.6 is 0 Å². The van der Waals surface area contributed by atoms with Crippen molar-refractivity contribution in [1.82, 2.24) is 0 Å². The molecule has 0 heterocycles. The first-order chi connectivity index (χ1) is 5.88. The highest BCUT2D eigenvalue weighted by Gasteiger charge is 2.30. The Morgan fingerprint density at radius 3 is 2.46 bits per heavy atom. The molecule has 0 saturated heterocycles. The van der Waals surface area contributed by atoms with Crippen LogP contribution in [0.4, 0.5) is 0 Å². The lowest BCUT2D eigenvalue weighted by molar-refractivity contribution is -0.165. The summed E-state index contributed by atoms with van der Waals surface area (Å²) in [6.45, 7) is 5.40. The zero-order valence-electron chi connectivity index (χ0n) is 8.54. The molecule has 1 aliphatic rings. The summed E-state index contributed by atoms with van der Waals surface area (Å²) in [7, 11) is 0. The fourth-order valence-electron chi connectivity index (χ4n) is 1.14. The topological polar surface area (TPSA) is 46.5 Å². The molecule has 0 spiro atoms. The molecule has 1 saturated carbocycles. The number of carbonyl (C=O) groups is 1. The molecule has 3 heteroatoms. The molecule has 13 heavy (non-hydrogen) atoms. The molecule has 0 unspecified atom stereocenters. The average molecular weight is 186 g/mol. The highest BCUT2D eigenvalue weighted by atomic mass is 16.6. The molecule has 0 aromatic carbocycles. The van der Waals surface area contributed by atoms with Gasteiger partial charge in [0.1, 0.15) is 5.60 Å². The first kappa shape index (κ1) is 10.5. The minimum atomic E-state index is -0.924. The van der Waals surface area contributed by atoms with E-state index in [9.17, 15) is 9.90 Å². The van der Waals surface area contributed by atoms with Crippen LogP contribution in [-0.4, -0.2) is 22.8 Å². The van der Waals surface area contributed by atoms with Gasteiger partial charge < -0.3 is 9.84 Å². The van der Waals surface area contributed by atoms with Crippen molar-refractivity contribution in [2.24, 2.45) is 5.92 Å². The van der Waals surface area contributed by atoms with Gasteiger partial charge in [-0.2, -0.15) is 0 Å². The molecule has 0 radical (unpaired) electrons. The Morgan fingerprint density at radius 1 is 1.54 bits per heavy atom. The molecular formula is C10H18O3. The zero-order valence-corrected chi connectivity index (χ0v) is 8.54. The van der Waals surface area contributed by atoms with E-state index in [0.717, 1.165) is 12.8 Å². The van der Waals surface area contributed by atoms with Crippen molar-refractivity contribution in [2.75, 3.05) is 0 Å². The molecule has 0 aromatic heterocycles. The van der Waals surface area contributed by atoms with Gasteiger partial charge in [0.25, 0.3) is 0 Å². The molecular weight excluding hydrogens is 168 g/mol. The Hall–Kier alpha value is -0.570. The van der Waals surface area contributed by atoms with Gasteiger partial charge in [-0.1, -0.05) is 12.8 Å². The summed E-state index contributed by atoms with van der Waals surface area (Å²) in [6, 6.07) is 0. The summed E-state index contributed by atoms with van der Waals surface area (Å²) >= 11 is 0. The summed E-state index contributed by atoms with van der Waals surface area (Å²) in [5.41, 5.74) is -0.498. The van der Waals surface area contributed by atoms with Crippen LogP contribution in [0.5, 0.6) is 0 Å². The Bertz CT molecular complexity index is 189. The minimum Gasteiger partial charge on any atom is -0.458 e. The molecule has 0 bridgehead atoms. The molecule has 3 nitrogen and oxygen atoms in total. The highest BCUT2D eigenvalue weighted by Crippen LogP contribution is 2.33. The quantitative estimate of drug-likeness (QED) is 0.679. The van der Waals surface area contributed by atoms with Gasteiger partial charge in [0.15, 0.2) is 6.10 Å². The third-order valence-electron chi connectivity index (χ3n) is 1.93. The van der Waals surface area contributed by atoms with Crippen molar-refractivity contribution in [3.63, 3.8) is 0 Å². The van der Waals surface area contributed by atoms with Gasteiger partial charge in [0.05, 0.1) is 0 Å². The number of carbonyl (C=O) groups excluding carboxylic acids is 1. The normalized spacial score (nSPS) is 19.7. The van der Waals surface area contributed by atoms with E-state index >= 15 is 0 Å². The number of aliphatic hydroxyl groups is 1. The first-order valence-electron chi connectivity index (χ1n) is 4.79. The van der Waals surface area contributed by atoms with E-state index in [1.165, 1.54) is 0 Å². The van der Waals surface area contributed by atoms with E-state index in [2.05, 4.69) is 0 Å². The summed E-state index contributed by atoms with van der Waals surface area (Å²) in [5.74, 6) is 0.0573. The maximum Gasteiger partial charge on any atom is 0.335 e. The van der Waals surface area contributed by atoms with E-state index in [1.54, 1.807) is 20.8 Å². The van der Waals surface area contributed by atoms with Crippen LogP contribution in [0.1, 0.15) is 40.0 Å². The fraction of sp³-hybridized carbons (Fsp3) is 0.900. The van der Waals surface area contributed by atoms with Crippen molar-refractivity contribution in [3.8, 4) is 0 Å². The lowest BCUT2D eigenvalue weighted by Crippen LogP contribution is -2.32.